The number of amides is 1. The molecular formula is C13H18ClN3O3. The van der Waals surface area contributed by atoms with E-state index in [1.807, 2.05) is 39.3 Å². The lowest BCUT2D eigenvalue weighted by molar-refractivity contribution is -0.862. The second-order valence-corrected chi connectivity index (χ2v) is 5.35. The quantitative estimate of drug-likeness (QED) is 0.382. The lowest BCUT2D eigenvalue weighted by Gasteiger charge is -2.21. The number of hydrogen-bond donors (Lipinski definition) is 1. The van der Waals surface area contributed by atoms with Gasteiger partial charge >= 0.3 is 0 Å². The second kappa shape index (κ2) is 6.58. The van der Waals surface area contributed by atoms with Gasteiger partial charge in [-0.2, -0.15) is 5.10 Å². The van der Waals surface area contributed by atoms with Gasteiger partial charge in [0.05, 0.1) is 27.4 Å². The first-order valence-electron chi connectivity index (χ1n) is 5.96. The third-order valence-corrected chi connectivity index (χ3v) is 2.42. The predicted octanol–water partition coefficient (Wildman–Crippen LogP) is -2.42. The van der Waals surface area contributed by atoms with Crippen LogP contribution in [0.5, 0.6) is 11.5 Å². The van der Waals surface area contributed by atoms with Crippen LogP contribution in [-0.4, -0.2) is 51.1 Å². The molecule has 1 N–H and O–H groups in total. The average molecular weight is 300 g/mol. The molecule has 7 heteroatoms. The van der Waals surface area contributed by atoms with Crippen molar-refractivity contribution in [1.29, 1.82) is 0 Å². The van der Waals surface area contributed by atoms with E-state index in [0.717, 1.165) is 11.3 Å². The van der Waals surface area contributed by atoms with Gasteiger partial charge in [-0.15, -0.1) is 0 Å². The van der Waals surface area contributed by atoms with E-state index in [1.54, 1.807) is 6.21 Å². The third kappa shape index (κ3) is 4.71. The Morgan fingerprint density at radius 1 is 1.35 bits per heavy atom. The van der Waals surface area contributed by atoms with Gasteiger partial charge in [0.25, 0.3) is 5.91 Å². The number of nitrogens with one attached hydrogen (secondary N) is 1. The normalized spacial score (nSPS) is 13.2. The first-order chi connectivity index (χ1) is 8.94. The third-order valence-electron chi connectivity index (χ3n) is 2.42. The molecule has 1 heterocycles. The number of rotatable bonds is 4. The van der Waals surface area contributed by atoms with Gasteiger partial charge in [-0.05, 0) is 23.8 Å². The Morgan fingerprint density at radius 2 is 2.05 bits per heavy atom. The number of carbonyl (C=O) groups excluding carboxylic acids is 1. The molecular weight excluding hydrogens is 282 g/mol. The van der Waals surface area contributed by atoms with Crippen molar-refractivity contribution in [3.05, 3.63) is 23.8 Å². The lowest BCUT2D eigenvalue weighted by Crippen LogP contribution is -3.00. The van der Waals surface area contributed by atoms with Crippen LogP contribution in [0, 0.1) is 0 Å². The van der Waals surface area contributed by atoms with Crippen molar-refractivity contribution in [3.63, 3.8) is 0 Å². The summed E-state index contributed by atoms with van der Waals surface area (Å²) in [6, 6.07) is 5.48. The Balaban J connectivity index is 0.00000200. The summed E-state index contributed by atoms with van der Waals surface area (Å²) in [6.07, 6.45) is 1.58. The van der Waals surface area contributed by atoms with Crippen LogP contribution in [0.15, 0.2) is 23.3 Å². The number of fused-ring (bicyclic) bond motifs is 1. The molecule has 0 atom stereocenters. The largest absolute Gasteiger partial charge is 1.00 e. The number of nitrogens with zero attached hydrogens (tertiary/aromatic N) is 2. The van der Waals surface area contributed by atoms with Crippen molar-refractivity contribution in [2.24, 2.45) is 5.10 Å². The van der Waals surface area contributed by atoms with Crippen LogP contribution in [0.4, 0.5) is 0 Å². The molecule has 2 rings (SSSR count). The molecule has 6 nitrogen and oxygen atoms in total. The van der Waals surface area contributed by atoms with Gasteiger partial charge in [-0.1, -0.05) is 0 Å². The van der Waals surface area contributed by atoms with Crippen molar-refractivity contribution in [3.8, 4) is 11.5 Å². The fraction of sp³-hybridized carbons (Fsp3) is 0.385. The zero-order chi connectivity index (χ0) is 13.9. The van der Waals surface area contributed by atoms with E-state index in [4.69, 9.17) is 9.47 Å². The zero-order valence-corrected chi connectivity index (χ0v) is 12.5. The molecule has 0 bridgehead atoms. The smallest absolute Gasteiger partial charge is 0.295 e. The van der Waals surface area contributed by atoms with Gasteiger partial charge in [-0.3, -0.25) is 4.79 Å². The van der Waals surface area contributed by atoms with Crippen molar-refractivity contribution in [2.45, 2.75) is 0 Å². The topological polar surface area (TPSA) is 59.9 Å². The first-order valence-corrected chi connectivity index (χ1v) is 5.96. The van der Waals surface area contributed by atoms with E-state index in [9.17, 15) is 4.79 Å². The van der Waals surface area contributed by atoms with E-state index in [1.165, 1.54) is 0 Å². The van der Waals surface area contributed by atoms with Gasteiger partial charge < -0.3 is 26.4 Å². The van der Waals surface area contributed by atoms with Crippen LogP contribution < -0.4 is 27.3 Å². The van der Waals surface area contributed by atoms with Crippen LogP contribution >= 0.6 is 0 Å². The van der Waals surface area contributed by atoms with Crippen LogP contribution in [0.1, 0.15) is 5.56 Å². The van der Waals surface area contributed by atoms with Gasteiger partial charge in [-0.25, -0.2) is 5.43 Å². The summed E-state index contributed by atoms with van der Waals surface area (Å²) >= 11 is 0. The molecule has 110 valence electrons. The summed E-state index contributed by atoms with van der Waals surface area (Å²) in [5, 5.41) is 3.92. The molecule has 0 spiro atoms. The monoisotopic (exact) mass is 299 g/mol. The highest BCUT2D eigenvalue weighted by molar-refractivity contribution is 5.83. The summed E-state index contributed by atoms with van der Waals surface area (Å²) in [5.74, 6) is 1.30. The summed E-state index contributed by atoms with van der Waals surface area (Å²) < 4.78 is 11.0. The molecule has 1 amide bonds. The van der Waals surface area contributed by atoms with Crippen LogP contribution in [0.25, 0.3) is 0 Å². The van der Waals surface area contributed by atoms with Crippen molar-refractivity contribution < 1.29 is 31.2 Å². The fourth-order valence-corrected chi connectivity index (χ4v) is 1.64. The average Bonchev–Trinajstić information content (AvgIpc) is 2.73. The number of hydrogen-bond acceptors (Lipinski definition) is 4. The minimum Gasteiger partial charge on any atom is -1.00 e. The standard InChI is InChI=1S/C13H17N3O3.ClH/c1-16(2,3)8-13(17)15-14-7-10-4-5-11-12(6-10)19-9-18-11;/h4-7H,8-9H2,1-3H3;1H. The van der Waals surface area contributed by atoms with Gasteiger partial charge in [0, 0.05) is 0 Å². The maximum Gasteiger partial charge on any atom is 0.295 e. The van der Waals surface area contributed by atoms with Crippen LogP contribution in [-0.2, 0) is 4.79 Å². The van der Waals surface area contributed by atoms with E-state index in [0.29, 0.717) is 16.8 Å². The summed E-state index contributed by atoms with van der Waals surface area (Å²) in [4.78, 5) is 11.6. The Morgan fingerprint density at radius 3 is 2.75 bits per heavy atom. The van der Waals surface area contributed by atoms with Crippen molar-refractivity contribution >= 4 is 12.1 Å². The molecule has 1 aromatic carbocycles. The Bertz CT molecular complexity index is 512. The summed E-state index contributed by atoms with van der Waals surface area (Å²) in [7, 11) is 5.84. The van der Waals surface area contributed by atoms with E-state index >= 15 is 0 Å². The van der Waals surface area contributed by atoms with Crippen LogP contribution in [0.3, 0.4) is 0 Å². The maximum absolute atomic E-state index is 11.6. The number of quaternary nitrogens is 1. The number of benzene rings is 1. The Labute approximate surface area is 124 Å². The van der Waals surface area contributed by atoms with Gasteiger partial charge in [0.2, 0.25) is 6.79 Å². The molecule has 1 aliphatic rings. The van der Waals surface area contributed by atoms with E-state index in [2.05, 4.69) is 10.5 Å². The minimum absolute atomic E-state index is 0. The molecule has 0 saturated heterocycles. The number of halogens is 1. The van der Waals surface area contributed by atoms with E-state index in [-0.39, 0.29) is 25.1 Å². The highest BCUT2D eigenvalue weighted by atomic mass is 35.5. The first kappa shape index (κ1) is 16.3. The molecule has 0 saturated carbocycles. The molecule has 0 fully saturated rings. The second-order valence-electron chi connectivity index (χ2n) is 5.35. The number of likely N-dealkylation sites (N-methyl/N-ethyl adjacent to an activating group) is 1. The molecule has 20 heavy (non-hydrogen) atoms. The van der Waals surface area contributed by atoms with Crippen LogP contribution in [0.2, 0.25) is 0 Å². The lowest BCUT2D eigenvalue weighted by atomic mass is 10.2. The predicted molar refractivity (Wildman–Crippen MR) is 71.2 cm³/mol. The van der Waals surface area contributed by atoms with Gasteiger partial charge in [0.15, 0.2) is 18.0 Å². The molecule has 1 aliphatic heterocycles. The fourth-order valence-electron chi connectivity index (χ4n) is 1.64. The SMILES string of the molecule is C[N+](C)(C)CC(=O)NN=Cc1ccc2c(c1)OCO2.[Cl-]. The minimum atomic E-state index is -0.121. The summed E-state index contributed by atoms with van der Waals surface area (Å²) in [5.41, 5.74) is 3.34. The Hall–Kier alpha value is -1.79. The van der Waals surface area contributed by atoms with Crippen molar-refractivity contribution in [2.75, 3.05) is 34.5 Å². The van der Waals surface area contributed by atoms with Crippen molar-refractivity contribution in [1.82, 2.24) is 5.43 Å². The molecule has 0 radical (unpaired) electrons. The molecule has 0 unspecified atom stereocenters. The van der Waals surface area contributed by atoms with E-state index < -0.39 is 0 Å². The molecule has 0 aromatic heterocycles. The number of carbonyl (C=O) groups is 1. The number of hydrazone groups is 1. The maximum atomic E-state index is 11.6. The number of ether oxygens (including phenoxy) is 2. The zero-order valence-electron chi connectivity index (χ0n) is 11.7. The molecule has 0 aliphatic carbocycles. The highest BCUT2D eigenvalue weighted by Gasteiger charge is 2.14. The summed E-state index contributed by atoms with van der Waals surface area (Å²) in [6.45, 7) is 0.620. The highest BCUT2D eigenvalue weighted by Crippen LogP contribution is 2.31. The Kier molecular flexibility index (Phi) is 5.35. The van der Waals surface area contributed by atoms with Gasteiger partial charge in [0.1, 0.15) is 0 Å². The molecule has 1 aromatic rings.